The highest BCUT2D eigenvalue weighted by atomic mass is 32.1. The van der Waals surface area contributed by atoms with Crippen LogP contribution in [-0.4, -0.2) is 29.7 Å². The summed E-state index contributed by atoms with van der Waals surface area (Å²) in [4.78, 5) is 19.0. The fourth-order valence-electron chi connectivity index (χ4n) is 1.77. The molecule has 2 heterocycles. The Labute approximate surface area is 109 Å². The van der Waals surface area contributed by atoms with E-state index < -0.39 is 0 Å². The molecule has 2 rings (SSSR count). The molecule has 0 aliphatic rings. The zero-order valence-electron chi connectivity index (χ0n) is 10.5. The maximum Gasteiger partial charge on any atom is 0.268 e. The van der Waals surface area contributed by atoms with Crippen molar-refractivity contribution in [2.24, 2.45) is 0 Å². The quantitative estimate of drug-likeness (QED) is 0.832. The minimum atomic E-state index is -0.0633. The van der Waals surface area contributed by atoms with Gasteiger partial charge in [0.2, 0.25) is 0 Å². The molecule has 0 fully saturated rings. The number of ether oxygens (including phenoxy) is 1. The van der Waals surface area contributed by atoms with Crippen molar-refractivity contribution in [1.29, 1.82) is 0 Å². The molecule has 1 atom stereocenters. The maximum absolute atomic E-state index is 11.8. The molecule has 0 amide bonds. The molecule has 6 heteroatoms. The normalized spacial score (nSPS) is 13.0. The lowest BCUT2D eigenvalue weighted by molar-refractivity contribution is 0.163. The second kappa shape index (κ2) is 6.08. The molecule has 5 nitrogen and oxygen atoms in total. The van der Waals surface area contributed by atoms with Gasteiger partial charge in [0.15, 0.2) is 0 Å². The Morgan fingerprint density at radius 1 is 1.61 bits per heavy atom. The highest BCUT2D eigenvalue weighted by molar-refractivity contribution is 7.17. The van der Waals surface area contributed by atoms with Crippen LogP contribution in [0.1, 0.15) is 19.2 Å². The van der Waals surface area contributed by atoms with Gasteiger partial charge in [0.25, 0.3) is 5.56 Å². The Morgan fingerprint density at radius 3 is 3.17 bits per heavy atom. The fourth-order valence-corrected chi connectivity index (χ4v) is 2.49. The van der Waals surface area contributed by atoms with Gasteiger partial charge < -0.3 is 15.0 Å². The number of aromatic nitrogens is 2. The van der Waals surface area contributed by atoms with Crippen molar-refractivity contribution in [3.05, 3.63) is 27.6 Å². The van der Waals surface area contributed by atoms with Gasteiger partial charge in [-0.05, 0) is 17.9 Å². The van der Waals surface area contributed by atoms with Crippen molar-refractivity contribution in [1.82, 2.24) is 15.3 Å². The average molecular weight is 267 g/mol. The minimum Gasteiger partial charge on any atom is -0.383 e. The first kappa shape index (κ1) is 13.2. The molecule has 0 bridgehead atoms. The lowest BCUT2D eigenvalue weighted by Gasteiger charge is -2.15. The molecule has 98 valence electrons. The lowest BCUT2D eigenvalue weighted by atomic mass is 10.2. The summed E-state index contributed by atoms with van der Waals surface area (Å²) in [6.45, 7) is 3.29. The van der Waals surface area contributed by atoms with Crippen molar-refractivity contribution in [2.45, 2.75) is 25.9 Å². The first-order chi connectivity index (χ1) is 8.74. The lowest BCUT2D eigenvalue weighted by Crippen LogP contribution is -2.33. The SMILES string of the molecule is CCC(COC)NCc1nc2ccsc2c(=O)[nH]1. The molecule has 2 N–H and O–H groups in total. The largest absolute Gasteiger partial charge is 0.383 e. The highest BCUT2D eigenvalue weighted by Crippen LogP contribution is 2.13. The van der Waals surface area contributed by atoms with Crippen LogP contribution in [-0.2, 0) is 11.3 Å². The van der Waals surface area contributed by atoms with Crippen LogP contribution in [0.5, 0.6) is 0 Å². The fraction of sp³-hybridized carbons (Fsp3) is 0.500. The standard InChI is InChI=1S/C12H17N3O2S/c1-3-8(7-17-2)13-6-10-14-9-4-5-18-11(9)12(16)15-10/h4-5,8,13H,3,6-7H2,1-2H3,(H,14,15,16). The topological polar surface area (TPSA) is 67.0 Å². The maximum atomic E-state index is 11.8. The predicted octanol–water partition coefficient (Wildman–Crippen LogP) is 1.50. The van der Waals surface area contributed by atoms with E-state index in [4.69, 9.17) is 4.74 Å². The Kier molecular flexibility index (Phi) is 4.46. The molecule has 0 aliphatic carbocycles. The first-order valence-corrected chi connectivity index (χ1v) is 6.81. The summed E-state index contributed by atoms with van der Waals surface area (Å²) in [6, 6.07) is 2.14. The number of rotatable bonds is 6. The number of nitrogens with zero attached hydrogens (tertiary/aromatic N) is 1. The summed E-state index contributed by atoms with van der Waals surface area (Å²) < 4.78 is 5.79. The van der Waals surface area contributed by atoms with Crippen molar-refractivity contribution >= 4 is 21.6 Å². The third-order valence-corrected chi connectivity index (χ3v) is 3.69. The van der Waals surface area contributed by atoms with E-state index in [0.29, 0.717) is 23.7 Å². The zero-order chi connectivity index (χ0) is 13.0. The van der Waals surface area contributed by atoms with Crippen LogP contribution in [0.15, 0.2) is 16.2 Å². The second-order valence-electron chi connectivity index (χ2n) is 4.09. The van der Waals surface area contributed by atoms with Gasteiger partial charge in [-0.25, -0.2) is 4.98 Å². The summed E-state index contributed by atoms with van der Waals surface area (Å²) in [5.74, 6) is 0.667. The number of fused-ring (bicyclic) bond motifs is 1. The van der Waals surface area contributed by atoms with Gasteiger partial charge in [0.05, 0.1) is 18.7 Å². The van der Waals surface area contributed by atoms with Gasteiger partial charge in [-0.3, -0.25) is 4.79 Å². The highest BCUT2D eigenvalue weighted by Gasteiger charge is 2.08. The predicted molar refractivity (Wildman–Crippen MR) is 73.0 cm³/mol. The van der Waals surface area contributed by atoms with E-state index in [1.54, 1.807) is 7.11 Å². The monoisotopic (exact) mass is 267 g/mol. The minimum absolute atomic E-state index is 0.0633. The third-order valence-electron chi connectivity index (χ3n) is 2.78. The van der Waals surface area contributed by atoms with E-state index in [1.807, 2.05) is 11.4 Å². The molecule has 0 radical (unpaired) electrons. The van der Waals surface area contributed by atoms with Crippen molar-refractivity contribution in [3.8, 4) is 0 Å². The summed E-state index contributed by atoms with van der Waals surface area (Å²) in [5.41, 5.74) is 0.701. The molecular weight excluding hydrogens is 250 g/mol. The average Bonchev–Trinajstić information content (AvgIpc) is 2.83. The number of hydrogen-bond acceptors (Lipinski definition) is 5. The van der Waals surface area contributed by atoms with Gasteiger partial charge >= 0.3 is 0 Å². The Hall–Kier alpha value is -1.24. The van der Waals surface area contributed by atoms with Crippen LogP contribution in [0.2, 0.25) is 0 Å². The number of nitrogens with one attached hydrogen (secondary N) is 2. The molecule has 0 aliphatic heterocycles. The number of methoxy groups -OCH3 is 1. The van der Waals surface area contributed by atoms with Gasteiger partial charge in [0, 0.05) is 13.2 Å². The van der Waals surface area contributed by atoms with Crippen LogP contribution >= 0.6 is 11.3 Å². The molecule has 0 aromatic carbocycles. The van der Waals surface area contributed by atoms with E-state index in [0.717, 1.165) is 11.9 Å². The Bertz CT molecular complexity index is 564. The van der Waals surface area contributed by atoms with Crippen molar-refractivity contribution < 1.29 is 4.74 Å². The van der Waals surface area contributed by atoms with Gasteiger partial charge in [0.1, 0.15) is 10.5 Å². The van der Waals surface area contributed by atoms with E-state index in [9.17, 15) is 4.79 Å². The molecule has 1 unspecified atom stereocenters. The van der Waals surface area contributed by atoms with E-state index in [2.05, 4.69) is 22.2 Å². The molecular formula is C12H17N3O2S. The zero-order valence-corrected chi connectivity index (χ0v) is 11.3. The molecule has 0 spiro atoms. The van der Waals surface area contributed by atoms with E-state index in [-0.39, 0.29) is 11.6 Å². The third kappa shape index (κ3) is 2.95. The Balaban J connectivity index is 2.09. The number of hydrogen-bond donors (Lipinski definition) is 2. The van der Waals surface area contributed by atoms with Crippen molar-refractivity contribution in [3.63, 3.8) is 0 Å². The first-order valence-electron chi connectivity index (χ1n) is 5.93. The molecule has 0 saturated carbocycles. The number of thiophene rings is 1. The number of aromatic amines is 1. The van der Waals surface area contributed by atoms with Crippen LogP contribution in [0.4, 0.5) is 0 Å². The molecule has 0 saturated heterocycles. The van der Waals surface area contributed by atoms with Gasteiger partial charge in [-0.2, -0.15) is 0 Å². The number of H-pyrrole nitrogens is 1. The van der Waals surface area contributed by atoms with Gasteiger partial charge in [-0.1, -0.05) is 6.92 Å². The second-order valence-corrected chi connectivity index (χ2v) is 5.01. The Morgan fingerprint density at radius 2 is 2.44 bits per heavy atom. The molecule has 18 heavy (non-hydrogen) atoms. The molecule has 2 aromatic heterocycles. The van der Waals surface area contributed by atoms with Crippen molar-refractivity contribution in [2.75, 3.05) is 13.7 Å². The summed E-state index contributed by atoms with van der Waals surface area (Å²) in [7, 11) is 1.68. The van der Waals surface area contributed by atoms with Crippen LogP contribution < -0.4 is 10.9 Å². The van der Waals surface area contributed by atoms with Crippen LogP contribution in [0.25, 0.3) is 10.2 Å². The van der Waals surface area contributed by atoms with E-state index >= 15 is 0 Å². The van der Waals surface area contributed by atoms with Crippen LogP contribution in [0, 0.1) is 0 Å². The van der Waals surface area contributed by atoms with E-state index in [1.165, 1.54) is 11.3 Å². The summed E-state index contributed by atoms with van der Waals surface area (Å²) >= 11 is 1.41. The van der Waals surface area contributed by atoms with Gasteiger partial charge in [-0.15, -0.1) is 11.3 Å². The summed E-state index contributed by atoms with van der Waals surface area (Å²) in [5, 5.41) is 5.20. The summed E-state index contributed by atoms with van der Waals surface area (Å²) in [6.07, 6.45) is 0.971. The van der Waals surface area contributed by atoms with Crippen LogP contribution in [0.3, 0.4) is 0 Å². The smallest absolute Gasteiger partial charge is 0.268 e. The molecule has 2 aromatic rings.